The lowest BCUT2D eigenvalue weighted by Gasteiger charge is -2.35. The summed E-state index contributed by atoms with van der Waals surface area (Å²) < 4.78 is 69.4. The second-order valence-electron chi connectivity index (χ2n) is 12.1. The molecule has 2 aromatic carbocycles. The second kappa shape index (κ2) is 15.9. The Morgan fingerprint density at radius 1 is 1.09 bits per heavy atom. The number of amides is 1. The highest BCUT2D eigenvalue weighted by Gasteiger charge is 2.32. The lowest BCUT2D eigenvalue weighted by Crippen LogP contribution is -2.48. The number of aliphatic hydroxyl groups excluding tert-OH is 1. The zero-order chi connectivity index (χ0) is 34.4. The quantitative estimate of drug-likeness (QED) is 0.318. The summed E-state index contributed by atoms with van der Waals surface area (Å²) in [7, 11) is -6.17. The number of anilines is 1. The molecule has 0 radical (unpaired) electrons. The molecule has 3 aromatic rings. The summed E-state index contributed by atoms with van der Waals surface area (Å²) >= 11 is 1.08. The van der Waals surface area contributed by atoms with Crippen LogP contribution in [0.1, 0.15) is 56.0 Å². The third-order valence-corrected chi connectivity index (χ3v) is 12.8. The number of rotatable bonds is 9. The molecule has 0 fully saturated rings. The van der Waals surface area contributed by atoms with Crippen LogP contribution in [0.5, 0.6) is 5.75 Å². The maximum absolute atomic E-state index is 14.3. The Morgan fingerprint density at radius 2 is 1.81 bits per heavy atom. The van der Waals surface area contributed by atoms with E-state index in [1.165, 1.54) is 28.4 Å². The molecule has 0 aliphatic carbocycles. The van der Waals surface area contributed by atoms with Crippen molar-refractivity contribution in [3.8, 4) is 5.75 Å². The molecule has 0 saturated carbocycles. The van der Waals surface area contributed by atoms with Gasteiger partial charge in [0.15, 0.2) is 0 Å². The fourth-order valence-electron chi connectivity index (χ4n) is 5.31. The fourth-order valence-corrected chi connectivity index (χ4v) is 8.54. The maximum atomic E-state index is 14.3. The topological polar surface area (TPSA) is 143 Å². The summed E-state index contributed by atoms with van der Waals surface area (Å²) in [6.07, 6.45) is 1.33. The lowest BCUT2D eigenvalue weighted by molar-refractivity contribution is -0.00833. The molecule has 2 heterocycles. The first-order valence-corrected chi connectivity index (χ1v) is 19.5. The number of hydrogen-bond donors (Lipinski definition) is 2. The number of carbonyl (C=O) groups excluding carboxylic acids is 1. The van der Waals surface area contributed by atoms with Crippen LogP contribution in [-0.2, 0) is 24.8 Å². The van der Waals surface area contributed by atoms with Gasteiger partial charge in [-0.3, -0.25) is 9.52 Å². The van der Waals surface area contributed by atoms with Crippen LogP contribution in [0.15, 0.2) is 69.1 Å². The van der Waals surface area contributed by atoms with Crippen molar-refractivity contribution in [1.29, 1.82) is 0 Å². The average Bonchev–Trinajstić information content (AvgIpc) is 3.59. The van der Waals surface area contributed by atoms with Gasteiger partial charge >= 0.3 is 0 Å². The van der Waals surface area contributed by atoms with Crippen molar-refractivity contribution in [3.05, 3.63) is 71.1 Å². The van der Waals surface area contributed by atoms with Gasteiger partial charge in [0.05, 0.1) is 35.3 Å². The van der Waals surface area contributed by atoms with Gasteiger partial charge < -0.3 is 19.5 Å². The molecule has 0 bridgehead atoms. The Bertz CT molecular complexity index is 1700. The molecule has 11 nitrogen and oxygen atoms in total. The molecule has 1 aliphatic rings. The van der Waals surface area contributed by atoms with Gasteiger partial charge in [0.2, 0.25) is 10.0 Å². The maximum Gasteiger partial charge on any atom is 0.271 e. The summed E-state index contributed by atoms with van der Waals surface area (Å²) in [6.45, 7) is 7.64. The largest absolute Gasteiger partial charge is 0.490 e. The first-order valence-electron chi connectivity index (χ1n) is 15.7. The Kier molecular flexibility index (Phi) is 12.5. The number of carbonyl (C=O) groups is 1. The normalized spacial score (nSPS) is 21.0. The number of sulfonamides is 2. The molecule has 14 heteroatoms. The summed E-state index contributed by atoms with van der Waals surface area (Å²) in [5.41, 5.74) is 1.28. The van der Waals surface area contributed by atoms with Crippen molar-refractivity contribution in [2.45, 2.75) is 74.3 Å². The van der Waals surface area contributed by atoms with Gasteiger partial charge in [0, 0.05) is 38.3 Å². The summed E-state index contributed by atoms with van der Waals surface area (Å²) in [4.78, 5) is 16.0. The number of thiophene rings is 1. The number of nitrogens with zero attached hydrogens (tertiary/aromatic N) is 2. The number of aliphatic hydroxyl groups is 1. The molecule has 0 unspecified atom stereocenters. The summed E-state index contributed by atoms with van der Waals surface area (Å²) in [5.74, 6) is -0.511. The van der Waals surface area contributed by atoms with Crippen LogP contribution in [0, 0.1) is 12.8 Å². The number of benzene rings is 2. The minimum Gasteiger partial charge on any atom is -0.490 e. The van der Waals surface area contributed by atoms with E-state index in [0.29, 0.717) is 18.8 Å². The molecule has 1 aromatic heterocycles. The molecular weight excluding hydrogens is 663 g/mol. The number of aryl methyl sites for hydroxylation is 1. The highest BCUT2D eigenvalue weighted by molar-refractivity contribution is 7.94. The lowest BCUT2D eigenvalue weighted by atomic mass is 10.0. The first-order chi connectivity index (χ1) is 22.2. The van der Waals surface area contributed by atoms with Gasteiger partial charge in [0.25, 0.3) is 15.9 Å². The van der Waals surface area contributed by atoms with Crippen molar-refractivity contribution >= 4 is 43.0 Å². The van der Waals surface area contributed by atoms with Crippen molar-refractivity contribution in [2.24, 2.45) is 5.92 Å². The van der Waals surface area contributed by atoms with Gasteiger partial charge in [-0.2, -0.15) is 4.31 Å². The smallest absolute Gasteiger partial charge is 0.271 e. The van der Waals surface area contributed by atoms with E-state index in [1.807, 2.05) is 20.8 Å². The van der Waals surface area contributed by atoms with Gasteiger partial charge in [-0.05, 0) is 81.8 Å². The van der Waals surface area contributed by atoms with Crippen molar-refractivity contribution in [2.75, 3.05) is 38.1 Å². The third kappa shape index (κ3) is 9.33. The highest BCUT2D eigenvalue weighted by Crippen LogP contribution is 2.30. The predicted octanol–water partition coefficient (Wildman–Crippen LogP) is 4.97. The molecule has 1 amide bonds. The number of ether oxygens (including phenoxy) is 2. The number of hydrogen-bond acceptors (Lipinski definition) is 9. The highest BCUT2D eigenvalue weighted by atomic mass is 32.2. The molecule has 4 rings (SSSR count). The molecule has 47 heavy (non-hydrogen) atoms. The van der Waals surface area contributed by atoms with Crippen molar-refractivity contribution < 1.29 is 36.2 Å². The van der Waals surface area contributed by atoms with E-state index in [2.05, 4.69) is 4.72 Å². The standard InChI is InChI=1S/C33H45N3O8S3/c1-23-11-14-28(15-12-23)47(41,42)35(5)21-31-24(2)20-36(25(3)22-37)33(38)29-19-27(34-46(39,40)32-10-8-18-45-32)13-16-30(29)44-26(4)9-6-7-17-43-31/h8,10-16,18-19,24-26,31,34,37H,6-7,9,17,20-22H2,1-5H3/t24-,25-,26-,31+/m0/s1. The Labute approximate surface area is 282 Å². The van der Waals surface area contributed by atoms with E-state index in [-0.39, 0.29) is 52.1 Å². The van der Waals surface area contributed by atoms with E-state index in [9.17, 15) is 26.7 Å². The zero-order valence-corrected chi connectivity index (χ0v) is 29.9. The zero-order valence-electron chi connectivity index (χ0n) is 27.5. The SMILES string of the molecule is Cc1ccc(S(=O)(=O)N(C)C[C@H]2OCCCC[C@H](C)Oc3ccc(NS(=O)(=O)c4cccs4)cc3C(=O)N([C@@H](C)CO)C[C@@H]2C)cc1. The van der Waals surface area contributed by atoms with E-state index in [1.54, 1.807) is 54.8 Å². The number of fused-ring (bicyclic) bond motifs is 1. The van der Waals surface area contributed by atoms with E-state index in [4.69, 9.17) is 9.47 Å². The Morgan fingerprint density at radius 3 is 2.47 bits per heavy atom. The summed E-state index contributed by atoms with van der Waals surface area (Å²) in [5, 5.41) is 11.9. The van der Waals surface area contributed by atoms with Crippen molar-refractivity contribution in [3.63, 3.8) is 0 Å². The van der Waals surface area contributed by atoms with Crippen molar-refractivity contribution in [1.82, 2.24) is 9.21 Å². The first kappa shape index (κ1) is 36.8. The predicted molar refractivity (Wildman–Crippen MR) is 183 cm³/mol. The van der Waals surface area contributed by atoms with Gasteiger partial charge in [-0.15, -0.1) is 11.3 Å². The average molecular weight is 708 g/mol. The molecule has 0 saturated heterocycles. The molecule has 2 N–H and O–H groups in total. The Balaban J connectivity index is 1.67. The van der Waals surface area contributed by atoms with Gasteiger partial charge in [0.1, 0.15) is 9.96 Å². The van der Waals surface area contributed by atoms with E-state index in [0.717, 1.165) is 29.7 Å². The minimum atomic E-state index is -3.88. The monoisotopic (exact) mass is 707 g/mol. The molecular formula is C33H45N3O8S3. The van der Waals surface area contributed by atoms with Crippen LogP contribution < -0.4 is 9.46 Å². The van der Waals surface area contributed by atoms with Crippen LogP contribution >= 0.6 is 11.3 Å². The Hall–Kier alpha value is -3.01. The molecule has 0 spiro atoms. The fraction of sp³-hybridized carbons (Fsp3) is 0.485. The van der Waals surface area contributed by atoms with Crippen LogP contribution in [0.4, 0.5) is 5.69 Å². The van der Waals surface area contributed by atoms with Crippen LogP contribution in [0.2, 0.25) is 0 Å². The van der Waals surface area contributed by atoms with Crippen LogP contribution in [0.3, 0.4) is 0 Å². The van der Waals surface area contributed by atoms with Gasteiger partial charge in [-0.1, -0.05) is 30.7 Å². The number of likely N-dealkylation sites (N-methyl/N-ethyl adjacent to an activating group) is 1. The molecule has 258 valence electrons. The van der Waals surface area contributed by atoms with Crippen LogP contribution in [-0.4, -0.2) is 88.7 Å². The summed E-state index contributed by atoms with van der Waals surface area (Å²) in [6, 6.07) is 13.8. The van der Waals surface area contributed by atoms with E-state index >= 15 is 0 Å². The molecule has 4 atom stereocenters. The second-order valence-corrected chi connectivity index (χ2v) is 17.0. The van der Waals surface area contributed by atoms with Crippen LogP contribution in [0.25, 0.3) is 0 Å². The number of nitrogens with one attached hydrogen (secondary N) is 1. The molecule has 1 aliphatic heterocycles. The minimum absolute atomic E-state index is 0.0532. The third-order valence-electron chi connectivity index (χ3n) is 8.23. The van der Waals surface area contributed by atoms with E-state index < -0.39 is 38.1 Å². The van der Waals surface area contributed by atoms with Gasteiger partial charge in [-0.25, -0.2) is 16.8 Å².